The monoisotopic (exact) mass is 868 g/mol. The normalized spacial score (nSPS) is 11.9. The molecular weight excluding hydrogens is 767 g/mol. The maximum absolute atomic E-state index is 13.2. The molecule has 0 aliphatic carbocycles. The molecule has 0 saturated heterocycles. The van der Waals surface area contributed by atoms with E-state index >= 15 is 0 Å². The van der Waals surface area contributed by atoms with E-state index in [1.54, 1.807) is 7.11 Å². The van der Waals surface area contributed by atoms with Crippen LogP contribution in [0.2, 0.25) is 0 Å². The van der Waals surface area contributed by atoms with Crippen LogP contribution in [-0.2, 0) is 33.3 Å². The fourth-order valence-corrected chi connectivity index (χ4v) is 7.48. The molecule has 0 unspecified atom stereocenters. The van der Waals surface area contributed by atoms with Crippen molar-refractivity contribution < 1.29 is 38.1 Å². The highest BCUT2D eigenvalue weighted by atomic mass is 16.6. The fraction of sp³-hybridized carbons (Fsp3) is 0.942. The van der Waals surface area contributed by atoms with E-state index < -0.39 is 11.7 Å². The quantitative estimate of drug-likeness (QED) is 0.0339. The van der Waals surface area contributed by atoms with E-state index in [4.69, 9.17) is 23.7 Å². The van der Waals surface area contributed by atoms with Gasteiger partial charge in [-0.3, -0.25) is 9.59 Å². The van der Waals surface area contributed by atoms with Crippen LogP contribution >= 0.6 is 0 Å². The number of rotatable bonds is 46. The van der Waals surface area contributed by atoms with Crippen LogP contribution in [0.15, 0.2) is 0 Å². The lowest BCUT2D eigenvalue weighted by Gasteiger charge is -2.29. The maximum atomic E-state index is 13.2. The Balaban J connectivity index is 4.43. The average Bonchev–Trinajstić information content (AvgIpc) is 3.22. The lowest BCUT2D eigenvalue weighted by molar-refractivity contribution is -0.144. The van der Waals surface area contributed by atoms with E-state index in [0.29, 0.717) is 25.9 Å². The molecule has 1 amide bonds. The molecule has 9 heteroatoms. The number of ether oxygens (including phenoxy) is 5. The Morgan fingerprint density at radius 3 is 1.03 bits per heavy atom. The fourth-order valence-electron chi connectivity index (χ4n) is 7.48. The Bertz CT molecular complexity index is 950. The molecule has 0 heterocycles. The van der Waals surface area contributed by atoms with Crippen LogP contribution in [0.1, 0.15) is 260 Å². The van der Waals surface area contributed by atoms with Crippen molar-refractivity contribution in [1.82, 2.24) is 4.90 Å². The summed E-state index contributed by atoms with van der Waals surface area (Å²) in [5.74, 6) is -0.484. The van der Waals surface area contributed by atoms with Crippen molar-refractivity contribution in [2.75, 3.05) is 46.6 Å². The van der Waals surface area contributed by atoms with Crippen LogP contribution in [-0.4, -0.2) is 80.8 Å². The first-order chi connectivity index (χ1) is 29.5. The zero-order chi connectivity index (χ0) is 45.1. The number of hydrogen-bond acceptors (Lipinski definition) is 8. The number of hydrogen-bond donors (Lipinski definition) is 0. The van der Waals surface area contributed by atoms with Crippen molar-refractivity contribution in [3.05, 3.63) is 0 Å². The smallest absolute Gasteiger partial charge is 0.409 e. The molecule has 0 spiro atoms. The second-order valence-electron chi connectivity index (χ2n) is 19.0. The first-order valence-corrected chi connectivity index (χ1v) is 25.9. The summed E-state index contributed by atoms with van der Waals surface area (Å²) >= 11 is 0. The summed E-state index contributed by atoms with van der Waals surface area (Å²) in [6.45, 7) is 13.7. The molecule has 0 radical (unpaired) electrons. The Kier molecular flexibility index (Phi) is 40.8. The van der Waals surface area contributed by atoms with E-state index in [0.717, 1.165) is 44.9 Å². The van der Waals surface area contributed by atoms with Crippen LogP contribution in [0.25, 0.3) is 0 Å². The van der Waals surface area contributed by atoms with Gasteiger partial charge in [-0.25, -0.2) is 4.79 Å². The summed E-state index contributed by atoms with van der Waals surface area (Å²) in [6, 6.07) is 0. The molecule has 0 aromatic carbocycles. The highest BCUT2D eigenvalue weighted by Crippen LogP contribution is 2.20. The van der Waals surface area contributed by atoms with Crippen molar-refractivity contribution in [3.63, 3.8) is 0 Å². The second kappa shape index (κ2) is 42.1. The van der Waals surface area contributed by atoms with Crippen LogP contribution < -0.4 is 0 Å². The average molecular weight is 868 g/mol. The number of methoxy groups -OCH3 is 1. The molecule has 0 aliphatic heterocycles. The third-order valence-electron chi connectivity index (χ3n) is 12.2. The van der Waals surface area contributed by atoms with E-state index in [9.17, 15) is 14.4 Å². The van der Waals surface area contributed by atoms with Gasteiger partial charge in [-0.2, -0.15) is 0 Å². The first-order valence-electron chi connectivity index (χ1n) is 25.9. The summed E-state index contributed by atoms with van der Waals surface area (Å²) in [5, 5.41) is 0. The number of amides is 1. The molecule has 0 N–H and O–H groups in total. The van der Waals surface area contributed by atoms with E-state index in [1.807, 2.05) is 27.7 Å². The molecule has 0 saturated carbocycles. The van der Waals surface area contributed by atoms with Crippen molar-refractivity contribution in [3.8, 4) is 0 Å². The minimum Gasteiger partial charge on any atom is -0.464 e. The Labute approximate surface area is 377 Å². The van der Waals surface area contributed by atoms with Gasteiger partial charge in [0, 0.05) is 26.4 Å². The third kappa shape index (κ3) is 41.9. The highest BCUT2D eigenvalue weighted by Gasteiger charge is 2.24. The summed E-state index contributed by atoms with van der Waals surface area (Å²) in [4.78, 5) is 39.7. The Morgan fingerprint density at radius 1 is 0.393 bits per heavy atom. The van der Waals surface area contributed by atoms with Crippen LogP contribution in [0.5, 0.6) is 0 Å². The molecule has 0 aromatic rings. The minimum absolute atomic E-state index is 0.0730. The van der Waals surface area contributed by atoms with Gasteiger partial charge >= 0.3 is 18.0 Å². The molecular formula is C52H101NO8. The van der Waals surface area contributed by atoms with Crippen molar-refractivity contribution >= 4 is 18.0 Å². The Hall–Kier alpha value is -1.87. The van der Waals surface area contributed by atoms with Gasteiger partial charge in [0.1, 0.15) is 13.2 Å². The van der Waals surface area contributed by atoms with Crippen molar-refractivity contribution in [1.29, 1.82) is 0 Å². The van der Waals surface area contributed by atoms with Crippen molar-refractivity contribution in [2.24, 2.45) is 0 Å². The van der Waals surface area contributed by atoms with Crippen LogP contribution in [0.4, 0.5) is 4.79 Å². The topological polar surface area (TPSA) is 101 Å². The number of unbranched alkanes of at least 4 members (excludes halogenated alkanes) is 28. The summed E-state index contributed by atoms with van der Waals surface area (Å²) in [7, 11) is 1.70. The SMILES string of the molecule is CCCCCCCCCCCCCCCCCC(=O)OCCN(CCOC(=O)CCCCCCCCCCCCCCCCC)C(=O)OCCC(C)(C)OCCC(C)(C)OC. The van der Waals surface area contributed by atoms with Crippen LogP contribution in [0, 0.1) is 0 Å². The predicted octanol–water partition coefficient (Wildman–Crippen LogP) is 15.0. The lowest BCUT2D eigenvalue weighted by atomic mass is 10.0. The van der Waals surface area contributed by atoms with Gasteiger partial charge in [-0.15, -0.1) is 0 Å². The maximum Gasteiger partial charge on any atom is 0.409 e. The zero-order valence-corrected chi connectivity index (χ0v) is 41.5. The molecule has 0 fully saturated rings. The molecule has 0 aromatic heterocycles. The first kappa shape index (κ1) is 59.1. The van der Waals surface area contributed by atoms with E-state index in [1.165, 1.54) is 159 Å². The van der Waals surface area contributed by atoms with Gasteiger partial charge < -0.3 is 28.6 Å². The van der Waals surface area contributed by atoms with E-state index in [-0.39, 0.29) is 50.4 Å². The largest absolute Gasteiger partial charge is 0.464 e. The summed E-state index contributed by atoms with van der Waals surface area (Å²) in [6.07, 6.45) is 39.9. The van der Waals surface area contributed by atoms with Gasteiger partial charge in [0.05, 0.1) is 37.5 Å². The molecule has 0 rings (SSSR count). The highest BCUT2D eigenvalue weighted by molar-refractivity contribution is 5.70. The molecule has 61 heavy (non-hydrogen) atoms. The molecule has 0 aliphatic rings. The minimum atomic E-state index is -0.520. The number of esters is 2. The standard InChI is InChI=1S/C52H101NO8/c1-8-10-12-14-16-18-20-22-24-26-28-30-32-34-36-38-48(54)58-46-42-53(50(56)60-44-40-52(5,6)61-45-41-51(3,4)57-7)43-47-59-49(55)39-37-35-33-31-29-27-25-23-21-19-17-15-13-11-9-2/h8-47H2,1-7H3. The van der Waals surface area contributed by atoms with Gasteiger partial charge in [0.15, 0.2) is 0 Å². The second-order valence-corrected chi connectivity index (χ2v) is 19.0. The van der Waals surface area contributed by atoms with Crippen LogP contribution in [0.3, 0.4) is 0 Å². The lowest BCUT2D eigenvalue weighted by Crippen LogP contribution is -2.38. The zero-order valence-electron chi connectivity index (χ0n) is 41.5. The Morgan fingerprint density at radius 2 is 0.705 bits per heavy atom. The third-order valence-corrected chi connectivity index (χ3v) is 12.2. The molecule has 9 nitrogen and oxygen atoms in total. The molecule has 362 valence electrons. The number of carbonyl (C=O) groups excluding carboxylic acids is 3. The van der Waals surface area contributed by atoms with Gasteiger partial charge in [0.2, 0.25) is 0 Å². The summed E-state index contributed by atoms with van der Waals surface area (Å²) < 4.78 is 28.3. The summed E-state index contributed by atoms with van der Waals surface area (Å²) in [5.41, 5.74) is -0.756. The van der Waals surface area contributed by atoms with Gasteiger partial charge in [-0.05, 0) is 47.0 Å². The van der Waals surface area contributed by atoms with Crippen molar-refractivity contribution in [2.45, 2.75) is 271 Å². The predicted molar refractivity (Wildman–Crippen MR) is 254 cm³/mol. The number of nitrogens with zero attached hydrogens (tertiary/aromatic N) is 1. The van der Waals surface area contributed by atoms with E-state index in [2.05, 4.69) is 13.8 Å². The number of carbonyl (C=O) groups is 3. The van der Waals surface area contributed by atoms with Gasteiger partial charge in [0.25, 0.3) is 0 Å². The molecule has 0 atom stereocenters. The molecule has 0 bridgehead atoms. The van der Waals surface area contributed by atoms with Gasteiger partial charge in [-0.1, -0.05) is 194 Å².